The van der Waals surface area contributed by atoms with Crippen LogP contribution < -0.4 is 0 Å². The van der Waals surface area contributed by atoms with Crippen molar-refractivity contribution in [3.63, 3.8) is 0 Å². The Bertz CT molecular complexity index is 2030. The summed E-state index contributed by atoms with van der Waals surface area (Å²) in [7, 11) is 0. The zero-order chi connectivity index (χ0) is 50.8. The molecule has 6 saturated heterocycles. The van der Waals surface area contributed by atoms with Crippen LogP contribution in [0.2, 0.25) is 0 Å². The lowest BCUT2D eigenvalue weighted by atomic mass is 9.51. The van der Waals surface area contributed by atoms with Gasteiger partial charge in [0.2, 0.25) is 5.79 Å². The van der Waals surface area contributed by atoms with Crippen LogP contribution in [0.5, 0.6) is 0 Å². The second-order valence-electron chi connectivity index (χ2n) is 21.7. The number of hydrogen-bond donors (Lipinski definition) is 13. The van der Waals surface area contributed by atoms with E-state index in [1.54, 1.807) is 6.92 Å². The van der Waals surface area contributed by atoms with Crippen LogP contribution in [0, 0.1) is 35.0 Å². The van der Waals surface area contributed by atoms with Gasteiger partial charge in [0.05, 0.1) is 64.1 Å². The molecule has 10 aliphatic rings. The van der Waals surface area contributed by atoms with Gasteiger partial charge in [0.15, 0.2) is 30.9 Å². The van der Waals surface area contributed by atoms with Crippen molar-refractivity contribution in [1.29, 1.82) is 0 Å². The smallest absolute Gasteiger partial charge is 0.203 e. The third-order valence-electron chi connectivity index (χ3n) is 17.6. The van der Waals surface area contributed by atoms with E-state index in [4.69, 9.17) is 47.4 Å². The van der Waals surface area contributed by atoms with Crippen molar-refractivity contribution in [1.82, 2.24) is 0 Å². The monoisotopic (exact) mass is 1020 g/mol. The predicted molar refractivity (Wildman–Crippen MR) is 230 cm³/mol. The average Bonchev–Trinajstić information content (AvgIpc) is 3.94. The van der Waals surface area contributed by atoms with Gasteiger partial charge in [0, 0.05) is 35.2 Å². The molecule has 0 unspecified atom stereocenters. The van der Waals surface area contributed by atoms with Gasteiger partial charge < -0.3 is 114 Å². The quantitative estimate of drug-likeness (QED) is 0.0909. The van der Waals surface area contributed by atoms with Crippen molar-refractivity contribution >= 4 is 5.78 Å². The van der Waals surface area contributed by atoms with Gasteiger partial charge in [-0.1, -0.05) is 31.1 Å². The number of fused-ring (bicyclic) bond motifs is 6. The number of carbonyl (C=O) groups is 1. The van der Waals surface area contributed by atoms with E-state index in [0.717, 1.165) is 11.1 Å². The lowest BCUT2D eigenvalue weighted by Crippen LogP contribution is -2.65. The SMILES string of the molecule is C[C@@H]1O[C@@H](O[C@H]2[C@H](O[C@@H]3C[C@H](O)CC4=CC[C@H]5C6=C(CC[C@@H]5[C@]43C)[C@@H]3[C@@H](O[C@@]4(OC[C@H](C)[C@@H](O)[C@@H]4O)[C@H]3CO)C6=O)OC[C@H](O)[C@@H]2O[C@@H]2OC[C@@H](O)[C@H](O)[C@H]2O)[C@H](O)[C@H](O[C@@H]2OC[C@](O)(CO)[C@H]2O)[C@H]1O. The number of allylic oxidation sites excluding steroid dienone is 1. The lowest BCUT2D eigenvalue weighted by Gasteiger charge is -2.57. The van der Waals surface area contributed by atoms with E-state index < -0.39 is 190 Å². The number of ether oxygens (including phenoxy) is 10. The molecule has 24 heteroatoms. The summed E-state index contributed by atoms with van der Waals surface area (Å²) in [5.41, 5.74) is -0.758. The molecule has 402 valence electrons. The summed E-state index contributed by atoms with van der Waals surface area (Å²) in [6, 6.07) is 0. The van der Waals surface area contributed by atoms with Crippen molar-refractivity contribution < 1.29 is 119 Å². The zero-order valence-corrected chi connectivity index (χ0v) is 39.6. The van der Waals surface area contributed by atoms with Gasteiger partial charge in [-0.2, -0.15) is 0 Å². The first-order valence-corrected chi connectivity index (χ1v) is 24.8. The summed E-state index contributed by atoms with van der Waals surface area (Å²) in [6.45, 7) is 2.37. The largest absolute Gasteiger partial charge is 0.396 e. The van der Waals surface area contributed by atoms with E-state index in [2.05, 4.69) is 0 Å². The molecule has 0 bridgehead atoms. The summed E-state index contributed by atoms with van der Waals surface area (Å²) >= 11 is 0. The minimum absolute atomic E-state index is 0.0501. The molecule has 24 nitrogen and oxygen atoms in total. The molecule has 6 heterocycles. The second kappa shape index (κ2) is 19.7. The van der Waals surface area contributed by atoms with Crippen LogP contribution in [-0.4, -0.2) is 246 Å². The Morgan fingerprint density at radius 3 is 2.17 bits per heavy atom. The van der Waals surface area contributed by atoms with Crippen LogP contribution in [-0.2, 0) is 52.2 Å². The van der Waals surface area contributed by atoms with Gasteiger partial charge in [-0.15, -0.1) is 0 Å². The maximum absolute atomic E-state index is 14.7. The molecule has 0 aromatic heterocycles. The van der Waals surface area contributed by atoms with Gasteiger partial charge in [0.25, 0.3) is 0 Å². The van der Waals surface area contributed by atoms with Crippen LogP contribution >= 0.6 is 0 Å². The fourth-order valence-corrected chi connectivity index (χ4v) is 13.4. The van der Waals surface area contributed by atoms with Crippen molar-refractivity contribution in [2.24, 2.45) is 35.0 Å². The fourth-order valence-electron chi connectivity index (χ4n) is 13.4. The Kier molecular flexibility index (Phi) is 14.6. The zero-order valence-electron chi connectivity index (χ0n) is 39.6. The van der Waals surface area contributed by atoms with E-state index in [1.807, 2.05) is 13.0 Å². The fraction of sp³-hybridized carbons (Fsp3) is 0.894. The van der Waals surface area contributed by atoms with Crippen LogP contribution in [0.4, 0.5) is 0 Å². The molecule has 1 spiro atoms. The van der Waals surface area contributed by atoms with E-state index in [9.17, 15) is 71.2 Å². The standard InChI is InChI=1S/C47H70O24/c1-16-11-65-47(39(59)29(16)53)23(10-48)28-21-6-7-22-20(27(21)32(56)36(28)71-47)5-4-18-8-19(50)9-26(45(18,22)3)67-43-38(35(25(52)13-63-43)68-41-33(57)31(55)24(51)12-62-41)70-42-34(58)37(30(54)17(2)66-42)69-44-40(60)46(61,14-49)15-64-44/h4,16-17,19-20,22-26,28-31,33-44,48-55,57-61H,5-15H2,1-3H3/t16-,17-,19+,20+,22-,23-,24+,25-,26+,28-,29+,30-,31-,33+,34+,35-,36+,37+,38+,39-,40-,41-,42-,43-,44-,45-,46+,47-/m0/s1. The third-order valence-corrected chi connectivity index (χ3v) is 17.6. The minimum Gasteiger partial charge on any atom is -0.396 e. The Hall–Kier alpha value is -1.77. The molecule has 4 aliphatic carbocycles. The highest BCUT2D eigenvalue weighted by Crippen LogP contribution is 2.64. The first-order valence-electron chi connectivity index (χ1n) is 24.8. The van der Waals surface area contributed by atoms with Gasteiger partial charge in [-0.3, -0.25) is 4.79 Å². The van der Waals surface area contributed by atoms with Crippen LogP contribution in [0.1, 0.15) is 52.9 Å². The minimum atomic E-state index is -2.11. The maximum atomic E-state index is 14.7. The summed E-state index contributed by atoms with van der Waals surface area (Å²) in [5.74, 6) is -4.60. The predicted octanol–water partition coefficient (Wildman–Crippen LogP) is -5.30. The number of Topliss-reactive ketones (excluding diaryl/α,β-unsaturated/α-hetero) is 1. The molecule has 28 atom stereocenters. The third kappa shape index (κ3) is 8.45. The maximum Gasteiger partial charge on any atom is 0.203 e. The van der Waals surface area contributed by atoms with Crippen molar-refractivity contribution in [2.75, 3.05) is 39.6 Å². The van der Waals surface area contributed by atoms with Crippen LogP contribution in [0.25, 0.3) is 0 Å². The Morgan fingerprint density at radius 2 is 1.45 bits per heavy atom. The first kappa shape index (κ1) is 52.7. The highest BCUT2D eigenvalue weighted by atomic mass is 16.8. The van der Waals surface area contributed by atoms with Crippen LogP contribution in [0.3, 0.4) is 0 Å². The molecule has 1 saturated carbocycles. The van der Waals surface area contributed by atoms with E-state index in [0.29, 0.717) is 31.3 Å². The summed E-state index contributed by atoms with van der Waals surface area (Å²) in [6.07, 6.45) is -26.3. The number of aliphatic hydroxyl groups is 13. The molecular weight excluding hydrogens is 948 g/mol. The molecule has 0 aromatic carbocycles. The van der Waals surface area contributed by atoms with Gasteiger partial charge >= 0.3 is 0 Å². The first-order chi connectivity index (χ1) is 33.7. The molecule has 71 heavy (non-hydrogen) atoms. The Morgan fingerprint density at radius 1 is 0.746 bits per heavy atom. The topological polar surface area (TPSA) is 372 Å². The lowest BCUT2D eigenvalue weighted by molar-refractivity contribution is -0.387. The van der Waals surface area contributed by atoms with Gasteiger partial charge in [-0.25, -0.2) is 0 Å². The van der Waals surface area contributed by atoms with E-state index in [1.165, 1.54) is 6.92 Å². The number of carbonyl (C=O) groups excluding carboxylic acids is 1. The number of aliphatic hydroxyl groups excluding tert-OH is 12. The summed E-state index contributed by atoms with van der Waals surface area (Å²) in [5, 5.41) is 142. The van der Waals surface area contributed by atoms with Crippen molar-refractivity contribution in [3.05, 3.63) is 22.8 Å². The molecule has 7 fully saturated rings. The van der Waals surface area contributed by atoms with Gasteiger partial charge in [0.1, 0.15) is 78.8 Å². The normalized spacial score (nSPS) is 55.2. The highest BCUT2D eigenvalue weighted by molar-refractivity contribution is 6.04. The molecule has 0 radical (unpaired) electrons. The number of ketones is 1. The highest BCUT2D eigenvalue weighted by Gasteiger charge is 2.69. The second-order valence-corrected chi connectivity index (χ2v) is 21.7. The molecule has 0 amide bonds. The average molecular weight is 1020 g/mol. The van der Waals surface area contributed by atoms with E-state index >= 15 is 0 Å². The van der Waals surface area contributed by atoms with Crippen molar-refractivity contribution in [3.8, 4) is 0 Å². The molecule has 6 aliphatic heterocycles. The van der Waals surface area contributed by atoms with Crippen molar-refractivity contribution in [2.45, 2.75) is 187 Å². The molecule has 0 aromatic rings. The summed E-state index contributed by atoms with van der Waals surface area (Å²) < 4.78 is 61.0. The molecule has 10 rings (SSSR count). The Balaban J connectivity index is 0.948. The van der Waals surface area contributed by atoms with E-state index in [-0.39, 0.29) is 30.6 Å². The number of hydrogen-bond acceptors (Lipinski definition) is 24. The summed E-state index contributed by atoms with van der Waals surface area (Å²) in [4.78, 5) is 14.7. The number of rotatable bonds is 10. The van der Waals surface area contributed by atoms with Crippen LogP contribution in [0.15, 0.2) is 22.8 Å². The molecule has 13 N–H and O–H groups in total. The molecular formula is C47H70O24. The van der Waals surface area contributed by atoms with Gasteiger partial charge in [-0.05, 0) is 44.4 Å². The Labute approximate surface area is 408 Å².